The lowest BCUT2D eigenvalue weighted by atomic mass is 9.46. The molecule has 1 aromatic carbocycles. The van der Waals surface area contributed by atoms with Crippen molar-refractivity contribution in [2.45, 2.75) is 77.8 Å². The molecule has 2 saturated carbocycles. The summed E-state index contributed by atoms with van der Waals surface area (Å²) in [5.41, 5.74) is 2.00. The van der Waals surface area contributed by atoms with Gasteiger partial charge in [-0.3, -0.25) is 0 Å². The molecule has 0 amide bonds. The van der Waals surface area contributed by atoms with Gasteiger partial charge in [-0.25, -0.2) is 4.79 Å². The van der Waals surface area contributed by atoms with Crippen LogP contribution in [0.1, 0.15) is 59.8 Å². The highest BCUT2D eigenvalue weighted by molar-refractivity contribution is 5.91. The van der Waals surface area contributed by atoms with Crippen LogP contribution >= 0.6 is 0 Å². The van der Waals surface area contributed by atoms with Crippen molar-refractivity contribution in [3.05, 3.63) is 54.1 Å². The number of allylic oxidation sites excluding steroid dienone is 2. The van der Waals surface area contributed by atoms with Gasteiger partial charge in [0.1, 0.15) is 12.4 Å². The molecule has 4 fully saturated rings. The Hall–Kier alpha value is -2.11. The molecule has 2 heterocycles. The molecule has 0 aromatic heterocycles. The van der Waals surface area contributed by atoms with Crippen LogP contribution in [0.15, 0.2) is 54.1 Å². The lowest BCUT2D eigenvalue weighted by molar-refractivity contribution is -0.344. The van der Waals surface area contributed by atoms with E-state index in [0.29, 0.717) is 17.4 Å². The van der Waals surface area contributed by atoms with Crippen LogP contribution < -0.4 is 4.74 Å². The molecule has 6 atom stereocenters. The number of fused-ring (bicyclic) bond motifs is 3. The smallest absolute Gasteiger partial charge is 0.337 e. The number of ether oxygens (including phenoxy) is 4. The number of hydrogen-bond acceptors (Lipinski definition) is 5. The minimum absolute atomic E-state index is 0.0140. The quantitative estimate of drug-likeness (QED) is 0.317. The topological polar surface area (TPSA) is 54.0 Å². The van der Waals surface area contributed by atoms with E-state index >= 15 is 0 Å². The first-order valence-corrected chi connectivity index (χ1v) is 12.7. The van der Waals surface area contributed by atoms with Gasteiger partial charge in [-0.2, -0.15) is 0 Å². The van der Waals surface area contributed by atoms with Crippen molar-refractivity contribution >= 4 is 5.97 Å². The molecule has 1 aromatic rings. The van der Waals surface area contributed by atoms with Crippen LogP contribution in [0.3, 0.4) is 0 Å². The first-order chi connectivity index (χ1) is 16.1. The van der Waals surface area contributed by atoms with Crippen LogP contribution in [0.2, 0.25) is 0 Å². The summed E-state index contributed by atoms with van der Waals surface area (Å²) in [6.45, 7) is 14.3. The van der Waals surface area contributed by atoms with Crippen LogP contribution in [0.25, 0.3) is 0 Å². The summed E-state index contributed by atoms with van der Waals surface area (Å²) in [6.07, 6.45) is 6.93. The minimum Gasteiger partial charge on any atom is -0.482 e. The van der Waals surface area contributed by atoms with E-state index < -0.39 is 5.79 Å². The Morgan fingerprint density at radius 1 is 1.12 bits per heavy atom. The molecule has 2 saturated heterocycles. The fourth-order valence-electron chi connectivity index (χ4n) is 7.18. The maximum atomic E-state index is 12.6. The number of para-hydroxylation sites is 1. The molecule has 2 aliphatic heterocycles. The van der Waals surface area contributed by atoms with E-state index in [1.165, 1.54) is 5.57 Å². The predicted octanol–water partition coefficient (Wildman–Crippen LogP) is 5.85. The SMILES string of the molecule is C=C1CC[C@H]2[C@@](C)(CCC3OC(C)(C)OC[C@]32C)C1C/C=C1/C(=O)OC[C@@H]1Oc1ccccc1. The number of rotatable bonds is 4. The molecule has 4 aliphatic rings. The van der Waals surface area contributed by atoms with E-state index in [0.717, 1.165) is 44.5 Å². The van der Waals surface area contributed by atoms with E-state index in [4.69, 9.17) is 18.9 Å². The van der Waals surface area contributed by atoms with Crippen LogP contribution in [-0.2, 0) is 19.0 Å². The zero-order chi connectivity index (χ0) is 24.1. The van der Waals surface area contributed by atoms with Crippen molar-refractivity contribution in [3.8, 4) is 5.75 Å². The first-order valence-electron chi connectivity index (χ1n) is 12.7. The van der Waals surface area contributed by atoms with Gasteiger partial charge in [0.05, 0.1) is 18.3 Å². The van der Waals surface area contributed by atoms with Gasteiger partial charge in [-0.05, 0) is 75.3 Å². The number of benzene rings is 1. The fraction of sp³-hybridized carbons (Fsp3) is 0.621. The summed E-state index contributed by atoms with van der Waals surface area (Å²) in [7, 11) is 0. The second-order valence-corrected chi connectivity index (χ2v) is 11.6. The van der Waals surface area contributed by atoms with Crippen LogP contribution in [0.5, 0.6) is 5.75 Å². The molecule has 34 heavy (non-hydrogen) atoms. The molecular weight excluding hydrogens is 428 g/mol. The molecule has 0 bridgehead atoms. The summed E-state index contributed by atoms with van der Waals surface area (Å²) >= 11 is 0. The first kappa shape index (κ1) is 23.6. The van der Waals surface area contributed by atoms with Crippen molar-refractivity contribution in [2.24, 2.45) is 22.7 Å². The zero-order valence-electron chi connectivity index (χ0n) is 21.0. The average molecular weight is 467 g/mol. The summed E-state index contributed by atoms with van der Waals surface area (Å²) < 4.78 is 24.1. The van der Waals surface area contributed by atoms with Gasteiger partial charge in [-0.15, -0.1) is 0 Å². The van der Waals surface area contributed by atoms with Crippen molar-refractivity contribution in [2.75, 3.05) is 13.2 Å². The molecule has 2 unspecified atom stereocenters. The summed E-state index contributed by atoms with van der Waals surface area (Å²) in [4.78, 5) is 12.6. The van der Waals surface area contributed by atoms with Gasteiger partial charge >= 0.3 is 5.97 Å². The van der Waals surface area contributed by atoms with Gasteiger partial charge in [-0.1, -0.05) is 50.3 Å². The largest absolute Gasteiger partial charge is 0.482 e. The summed E-state index contributed by atoms with van der Waals surface area (Å²) in [5, 5.41) is 0. The van der Waals surface area contributed by atoms with Gasteiger partial charge in [0.2, 0.25) is 0 Å². The summed E-state index contributed by atoms with van der Waals surface area (Å²) in [5.74, 6) is 0.748. The van der Waals surface area contributed by atoms with Gasteiger partial charge in [0.15, 0.2) is 11.9 Å². The van der Waals surface area contributed by atoms with Crippen LogP contribution in [0.4, 0.5) is 0 Å². The molecule has 5 heteroatoms. The van der Waals surface area contributed by atoms with Crippen molar-refractivity contribution in [3.63, 3.8) is 0 Å². The lowest BCUT2D eigenvalue weighted by Gasteiger charge is -2.63. The number of carbonyl (C=O) groups is 1. The Morgan fingerprint density at radius 3 is 2.65 bits per heavy atom. The molecule has 0 radical (unpaired) electrons. The Kier molecular flexibility index (Phi) is 5.92. The Labute approximate surface area is 203 Å². The fourth-order valence-corrected chi connectivity index (χ4v) is 7.18. The number of hydrogen-bond donors (Lipinski definition) is 0. The third kappa shape index (κ3) is 4.01. The zero-order valence-corrected chi connectivity index (χ0v) is 21.0. The van der Waals surface area contributed by atoms with Crippen LogP contribution in [0, 0.1) is 22.7 Å². The second kappa shape index (κ2) is 8.53. The van der Waals surface area contributed by atoms with Gasteiger partial charge < -0.3 is 18.9 Å². The molecule has 184 valence electrons. The van der Waals surface area contributed by atoms with E-state index in [1.54, 1.807) is 0 Å². The second-order valence-electron chi connectivity index (χ2n) is 11.6. The third-order valence-electron chi connectivity index (χ3n) is 9.02. The third-order valence-corrected chi connectivity index (χ3v) is 9.02. The van der Waals surface area contributed by atoms with E-state index in [1.807, 2.05) is 44.2 Å². The Balaban J connectivity index is 1.37. The number of esters is 1. The minimum atomic E-state index is -0.517. The maximum Gasteiger partial charge on any atom is 0.337 e. The molecule has 0 N–H and O–H groups in total. The van der Waals surface area contributed by atoms with Crippen molar-refractivity contribution in [1.29, 1.82) is 0 Å². The van der Waals surface area contributed by atoms with Gasteiger partial charge in [0, 0.05) is 5.41 Å². The lowest BCUT2D eigenvalue weighted by Crippen LogP contribution is -2.62. The highest BCUT2D eigenvalue weighted by Crippen LogP contribution is 2.63. The molecule has 2 aliphatic carbocycles. The van der Waals surface area contributed by atoms with E-state index in [2.05, 4.69) is 26.5 Å². The number of cyclic esters (lactones) is 1. The number of carbonyl (C=O) groups excluding carboxylic acids is 1. The molecular formula is C29H38O5. The monoisotopic (exact) mass is 466 g/mol. The van der Waals surface area contributed by atoms with Crippen molar-refractivity contribution in [1.82, 2.24) is 0 Å². The normalized spacial score (nSPS) is 40.4. The van der Waals surface area contributed by atoms with Gasteiger partial charge in [0.25, 0.3) is 0 Å². The standard InChI is InChI=1S/C29H38O5/c1-19-11-14-24-28(4,16-15-25-29(24,5)18-32-27(2,3)34-25)22(19)13-12-21-23(17-31-26(21)30)33-20-9-7-6-8-10-20/h6-10,12,22-25H,1,11,13-18H2,2-5H3/b21-12+/t22?,23-,24-,25?,28-,29-/m0/s1. The predicted molar refractivity (Wildman–Crippen MR) is 130 cm³/mol. The Morgan fingerprint density at radius 2 is 1.88 bits per heavy atom. The van der Waals surface area contributed by atoms with Crippen molar-refractivity contribution < 1.29 is 23.7 Å². The van der Waals surface area contributed by atoms with Crippen LogP contribution in [-0.4, -0.2) is 37.2 Å². The average Bonchev–Trinajstić information content (AvgIpc) is 3.13. The summed E-state index contributed by atoms with van der Waals surface area (Å²) in [6, 6.07) is 9.62. The molecule has 5 rings (SSSR count). The van der Waals surface area contributed by atoms with E-state index in [-0.39, 0.29) is 35.6 Å². The molecule has 0 spiro atoms. The highest BCUT2D eigenvalue weighted by Gasteiger charge is 2.60. The Bertz CT molecular complexity index is 981. The molecule has 5 nitrogen and oxygen atoms in total. The highest BCUT2D eigenvalue weighted by atomic mass is 16.7. The maximum absolute atomic E-state index is 12.6. The van der Waals surface area contributed by atoms with E-state index in [9.17, 15) is 4.79 Å².